The summed E-state index contributed by atoms with van der Waals surface area (Å²) in [6.07, 6.45) is 0. The third-order valence-corrected chi connectivity index (χ3v) is 2.77. The van der Waals surface area contributed by atoms with E-state index in [1.807, 2.05) is 12.1 Å². The van der Waals surface area contributed by atoms with Crippen LogP contribution in [0.4, 0.5) is 5.69 Å². The molecule has 0 N–H and O–H groups in total. The monoisotopic (exact) mass is 192 g/mol. The zero-order chi connectivity index (χ0) is 9.42. The Kier molecular flexibility index (Phi) is 1.77. The molecule has 0 spiro atoms. The van der Waals surface area contributed by atoms with Crippen molar-refractivity contribution in [1.29, 1.82) is 0 Å². The molecular weight excluding hydrogens is 186 g/mol. The molecule has 0 fully saturated rings. The molecule has 0 aliphatic heterocycles. The molecule has 0 amide bonds. The van der Waals surface area contributed by atoms with E-state index < -0.39 is 0 Å². The van der Waals surface area contributed by atoms with E-state index in [1.54, 1.807) is 11.4 Å². The number of fused-ring (bicyclic) bond motifs is 1. The van der Waals surface area contributed by atoms with Crippen LogP contribution in [0, 0.1) is 17.0 Å². The van der Waals surface area contributed by atoms with Crippen LogP contribution in [0.5, 0.6) is 0 Å². The van der Waals surface area contributed by atoms with Gasteiger partial charge < -0.3 is 0 Å². The largest absolute Gasteiger partial charge is 0.287 e. The molecule has 2 aromatic rings. The Morgan fingerprint density at radius 1 is 1.46 bits per heavy atom. The van der Waals surface area contributed by atoms with Gasteiger partial charge in [-0.3, -0.25) is 10.1 Å². The van der Waals surface area contributed by atoms with Crippen LogP contribution in [0.15, 0.2) is 23.6 Å². The summed E-state index contributed by atoms with van der Waals surface area (Å²) in [5, 5.41) is 12.8. The van der Waals surface area contributed by atoms with Gasteiger partial charge in [-0.2, -0.15) is 0 Å². The van der Waals surface area contributed by atoms with Crippen LogP contribution >= 0.6 is 11.3 Å². The Hall–Kier alpha value is -1.42. The summed E-state index contributed by atoms with van der Waals surface area (Å²) in [5.41, 5.74) is 0.972. The number of nitrogens with zero attached hydrogens (tertiary/aromatic N) is 1. The van der Waals surface area contributed by atoms with Gasteiger partial charge in [0.25, 0.3) is 5.69 Å². The normalized spacial score (nSPS) is 10.5. The van der Waals surface area contributed by atoms with Crippen LogP contribution in [0.3, 0.4) is 0 Å². The maximum Gasteiger partial charge on any atom is 0.287 e. The lowest BCUT2D eigenvalue weighted by Gasteiger charge is -1.91. The van der Waals surface area contributed by atoms with Gasteiger partial charge in [-0.05, 0) is 24.6 Å². The van der Waals surface area contributed by atoms with Crippen LogP contribution < -0.4 is 0 Å². The second-order valence-electron chi connectivity index (χ2n) is 2.71. The first-order chi connectivity index (χ1) is 6.18. The molecule has 65 valence electrons. The highest BCUT2D eigenvalue weighted by Gasteiger charge is 2.13. The fourth-order valence-electron chi connectivity index (χ4n) is 1.20. The standard InChI is InChI=1S/C9H6NO2S/c1-6-2-3-9-7(4-6)8(5-13-9)10(11)12/h2-5H,1H2. The molecule has 1 radical (unpaired) electrons. The zero-order valence-electron chi connectivity index (χ0n) is 6.69. The van der Waals surface area contributed by atoms with Gasteiger partial charge in [0.2, 0.25) is 0 Å². The first-order valence-electron chi connectivity index (χ1n) is 3.66. The molecule has 0 unspecified atom stereocenters. The Labute approximate surface area is 78.8 Å². The summed E-state index contributed by atoms with van der Waals surface area (Å²) in [5.74, 6) is 0. The third kappa shape index (κ3) is 1.29. The molecule has 0 saturated carbocycles. The van der Waals surface area contributed by atoms with Crippen molar-refractivity contribution in [3.05, 3.63) is 46.2 Å². The molecule has 4 heteroatoms. The van der Waals surface area contributed by atoms with Gasteiger partial charge >= 0.3 is 0 Å². The maximum atomic E-state index is 10.6. The van der Waals surface area contributed by atoms with E-state index in [1.165, 1.54) is 11.3 Å². The van der Waals surface area contributed by atoms with Crippen molar-refractivity contribution in [1.82, 2.24) is 0 Å². The van der Waals surface area contributed by atoms with Gasteiger partial charge in [-0.15, -0.1) is 11.3 Å². The Morgan fingerprint density at radius 3 is 2.92 bits per heavy atom. The molecule has 2 rings (SSSR count). The highest BCUT2D eigenvalue weighted by Crippen LogP contribution is 2.32. The Morgan fingerprint density at radius 2 is 2.23 bits per heavy atom. The molecular formula is C9H6NO2S. The van der Waals surface area contributed by atoms with Crippen molar-refractivity contribution in [3.63, 3.8) is 0 Å². The lowest BCUT2D eigenvalue weighted by molar-refractivity contribution is -0.382. The van der Waals surface area contributed by atoms with Gasteiger partial charge in [0.05, 0.1) is 15.7 Å². The highest BCUT2D eigenvalue weighted by atomic mass is 32.1. The number of hydrogen-bond donors (Lipinski definition) is 0. The smallest absolute Gasteiger partial charge is 0.258 e. The molecule has 0 saturated heterocycles. The van der Waals surface area contributed by atoms with E-state index >= 15 is 0 Å². The molecule has 1 aromatic heterocycles. The molecule has 0 atom stereocenters. The van der Waals surface area contributed by atoms with E-state index in [4.69, 9.17) is 0 Å². The van der Waals surface area contributed by atoms with E-state index in [2.05, 4.69) is 6.92 Å². The van der Waals surface area contributed by atoms with Crippen molar-refractivity contribution in [3.8, 4) is 0 Å². The summed E-state index contributed by atoms with van der Waals surface area (Å²) in [6.45, 7) is 3.73. The van der Waals surface area contributed by atoms with Gasteiger partial charge in [0.15, 0.2) is 0 Å². The molecule has 3 nitrogen and oxygen atoms in total. The number of nitro groups is 1. The zero-order valence-corrected chi connectivity index (χ0v) is 7.50. The van der Waals surface area contributed by atoms with Gasteiger partial charge in [0, 0.05) is 4.70 Å². The summed E-state index contributed by atoms with van der Waals surface area (Å²) in [7, 11) is 0. The van der Waals surface area contributed by atoms with Gasteiger partial charge in [-0.25, -0.2) is 0 Å². The molecule has 1 aromatic carbocycles. The number of thiophene rings is 1. The number of benzene rings is 1. The molecule has 13 heavy (non-hydrogen) atoms. The lowest BCUT2D eigenvalue weighted by atomic mass is 10.2. The van der Waals surface area contributed by atoms with Crippen LogP contribution in [0.25, 0.3) is 10.1 Å². The first-order valence-corrected chi connectivity index (χ1v) is 4.54. The minimum Gasteiger partial charge on any atom is -0.258 e. The van der Waals surface area contributed by atoms with E-state index in [9.17, 15) is 10.1 Å². The quantitative estimate of drug-likeness (QED) is 0.515. The van der Waals surface area contributed by atoms with Crippen LogP contribution in [-0.2, 0) is 0 Å². The predicted octanol–water partition coefficient (Wildman–Crippen LogP) is 2.99. The van der Waals surface area contributed by atoms with Crippen LogP contribution in [0.1, 0.15) is 5.56 Å². The first kappa shape index (κ1) is 8.19. The predicted molar refractivity (Wildman–Crippen MR) is 52.9 cm³/mol. The topological polar surface area (TPSA) is 43.1 Å². The molecule has 0 aliphatic rings. The van der Waals surface area contributed by atoms with Crippen LogP contribution in [0.2, 0.25) is 0 Å². The number of rotatable bonds is 1. The van der Waals surface area contributed by atoms with Gasteiger partial charge in [0.1, 0.15) is 0 Å². The lowest BCUT2D eigenvalue weighted by Crippen LogP contribution is -1.84. The van der Waals surface area contributed by atoms with Crippen molar-refractivity contribution in [2.24, 2.45) is 0 Å². The molecule has 0 bridgehead atoms. The molecule has 1 heterocycles. The van der Waals surface area contributed by atoms with Crippen molar-refractivity contribution < 1.29 is 4.92 Å². The van der Waals surface area contributed by atoms with Crippen LogP contribution in [-0.4, -0.2) is 4.92 Å². The maximum absolute atomic E-state index is 10.6. The van der Waals surface area contributed by atoms with Gasteiger partial charge in [-0.1, -0.05) is 6.07 Å². The second-order valence-corrected chi connectivity index (χ2v) is 3.62. The Balaban J connectivity index is 2.79. The summed E-state index contributed by atoms with van der Waals surface area (Å²) < 4.78 is 0.930. The van der Waals surface area contributed by atoms with E-state index in [0.717, 1.165) is 10.3 Å². The average molecular weight is 192 g/mol. The van der Waals surface area contributed by atoms with Crippen molar-refractivity contribution >= 4 is 27.1 Å². The highest BCUT2D eigenvalue weighted by molar-refractivity contribution is 7.17. The van der Waals surface area contributed by atoms with Crippen molar-refractivity contribution in [2.75, 3.05) is 0 Å². The summed E-state index contributed by atoms with van der Waals surface area (Å²) in [4.78, 5) is 10.2. The average Bonchev–Trinajstić information content (AvgIpc) is 2.46. The summed E-state index contributed by atoms with van der Waals surface area (Å²) >= 11 is 1.38. The second kappa shape index (κ2) is 2.81. The fourth-order valence-corrected chi connectivity index (χ4v) is 2.09. The SMILES string of the molecule is [CH2]c1ccc2scc([N+](=O)[O-])c2c1. The summed E-state index contributed by atoms with van der Waals surface area (Å²) in [6, 6.07) is 5.45. The fraction of sp³-hybridized carbons (Fsp3) is 0. The third-order valence-electron chi connectivity index (χ3n) is 1.81. The Bertz CT molecular complexity index is 475. The van der Waals surface area contributed by atoms with E-state index in [0.29, 0.717) is 5.39 Å². The molecule has 0 aliphatic carbocycles. The minimum atomic E-state index is -0.363. The minimum absolute atomic E-state index is 0.172. The van der Waals surface area contributed by atoms with Crippen molar-refractivity contribution in [2.45, 2.75) is 0 Å². The number of hydrogen-bond acceptors (Lipinski definition) is 3. The van der Waals surface area contributed by atoms with E-state index in [-0.39, 0.29) is 10.6 Å².